The number of carbonyl (C=O) groups is 1. The average molecular weight is 246 g/mol. The molecule has 1 amide bonds. The van der Waals surface area contributed by atoms with Crippen LogP contribution in [0.25, 0.3) is 11.3 Å². The summed E-state index contributed by atoms with van der Waals surface area (Å²) in [5, 5.41) is 5.29. The molecule has 4 heteroatoms. The van der Waals surface area contributed by atoms with Crippen molar-refractivity contribution in [2.45, 2.75) is 20.8 Å². The number of amides is 1. The fraction of sp³-hybridized carbons (Fsp3) is 0.231. The van der Waals surface area contributed by atoms with Gasteiger partial charge in [0.15, 0.2) is 5.13 Å². The van der Waals surface area contributed by atoms with E-state index in [0.29, 0.717) is 5.13 Å². The van der Waals surface area contributed by atoms with Crippen LogP contribution in [-0.2, 0) is 4.79 Å². The largest absolute Gasteiger partial charge is 0.302 e. The van der Waals surface area contributed by atoms with Crippen LogP contribution in [0.5, 0.6) is 0 Å². The van der Waals surface area contributed by atoms with E-state index in [1.54, 1.807) is 0 Å². The molecule has 0 fully saturated rings. The van der Waals surface area contributed by atoms with Crippen molar-refractivity contribution in [3.05, 3.63) is 34.7 Å². The Morgan fingerprint density at radius 3 is 2.71 bits per heavy atom. The van der Waals surface area contributed by atoms with E-state index in [0.717, 1.165) is 11.3 Å². The third-order valence-corrected chi connectivity index (χ3v) is 3.35. The summed E-state index contributed by atoms with van der Waals surface area (Å²) in [5.41, 5.74) is 4.51. The van der Waals surface area contributed by atoms with Crippen molar-refractivity contribution in [3.63, 3.8) is 0 Å². The van der Waals surface area contributed by atoms with Gasteiger partial charge >= 0.3 is 0 Å². The summed E-state index contributed by atoms with van der Waals surface area (Å²) in [6, 6.07) is 6.25. The molecule has 88 valence electrons. The predicted octanol–water partition coefficient (Wildman–Crippen LogP) is 3.39. The molecular formula is C13H14N2OS. The van der Waals surface area contributed by atoms with Crippen molar-refractivity contribution in [1.82, 2.24) is 4.98 Å². The number of hydrogen-bond acceptors (Lipinski definition) is 3. The quantitative estimate of drug-likeness (QED) is 0.882. The number of aromatic nitrogens is 1. The van der Waals surface area contributed by atoms with Crippen molar-refractivity contribution >= 4 is 22.4 Å². The lowest BCUT2D eigenvalue weighted by molar-refractivity contribution is -0.114. The monoisotopic (exact) mass is 246 g/mol. The maximum Gasteiger partial charge on any atom is 0.223 e. The first-order chi connectivity index (χ1) is 8.06. The lowest BCUT2D eigenvalue weighted by Gasteiger charge is -2.02. The van der Waals surface area contributed by atoms with Crippen molar-refractivity contribution in [2.24, 2.45) is 0 Å². The van der Waals surface area contributed by atoms with Gasteiger partial charge in [0.05, 0.1) is 5.69 Å². The molecule has 0 unspecified atom stereocenters. The predicted molar refractivity (Wildman–Crippen MR) is 71.3 cm³/mol. The van der Waals surface area contributed by atoms with Crippen LogP contribution in [0.3, 0.4) is 0 Å². The number of nitrogens with one attached hydrogen (secondary N) is 1. The Kier molecular flexibility index (Phi) is 3.24. The zero-order chi connectivity index (χ0) is 12.4. The molecule has 2 aromatic rings. The smallest absolute Gasteiger partial charge is 0.223 e. The highest BCUT2D eigenvalue weighted by Crippen LogP contribution is 2.26. The first-order valence-corrected chi connectivity index (χ1v) is 6.25. The fourth-order valence-electron chi connectivity index (χ4n) is 1.52. The average Bonchev–Trinajstić information content (AvgIpc) is 2.69. The highest BCUT2D eigenvalue weighted by Gasteiger charge is 2.06. The molecule has 0 saturated heterocycles. The van der Waals surface area contributed by atoms with Gasteiger partial charge in [0.25, 0.3) is 0 Å². The first-order valence-electron chi connectivity index (χ1n) is 5.37. The van der Waals surface area contributed by atoms with Gasteiger partial charge < -0.3 is 5.32 Å². The SMILES string of the molecule is CC(=O)Nc1nc(-c2ccc(C)c(C)c2)cs1. The number of nitrogens with zero attached hydrogens (tertiary/aromatic N) is 1. The second-order valence-corrected chi connectivity index (χ2v) is 4.88. The van der Waals surface area contributed by atoms with Crippen LogP contribution in [0.2, 0.25) is 0 Å². The van der Waals surface area contributed by atoms with Crippen LogP contribution >= 0.6 is 11.3 Å². The Morgan fingerprint density at radius 1 is 1.29 bits per heavy atom. The molecule has 3 nitrogen and oxygen atoms in total. The molecule has 0 saturated carbocycles. The van der Waals surface area contributed by atoms with Gasteiger partial charge in [-0.05, 0) is 31.0 Å². The summed E-state index contributed by atoms with van der Waals surface area (Å²) >= 11 is 1.44. The Bertz CT molecular complexity index is 560. The van der Waals surface area contributed by atoms with Crippen LogP contribution in [0.1, 0.15) is 18.1 Å². The highest BCUT2D eigenvalue weighted by atomic mass is 32.1. The van der Waals surface area contributed by atoms with Crippen molar-refractivity contribution in [2.75, 3.05) is 5.32 Å². The molecule has 0 aliphatic heterocycles. The Hall–Kier alpha value is -1.68. The summed E-state index contributed by atoms with van der Waals surface area (Å²) in [6.45, 7) is 5.65. The number of anilines is 1. The molecule has 0 spiro atoms. The molecule has 0 aliphatic rings. The molecule has 17 heavy (non-hydrogen) atoms. The third kappa shape index (κ3) is 2.71. The molecule has 1 heterocycles. The molecule has 1 aromatic carbocycles. The Balaban J connectivity index is 2.30. The zero-order valence-corrected chi connectivity index (χ0v) is 10.9. The molecule has 1 N–H and O–H groups in total. The molecule has 2 rings (SSSR count). The van der Waals surface area contributed by atoms with Gasteiger partial charge in [0.1, 0.15) is 0 Å². The van der Waals surface area contributed by atoms with E-state index in [2.05, 4.69) is 42.3 Å². The van der Waals surface area contributed by atoms with Gasteiger partial charge in [-0.2, -0.15) is 0 Å². The molecule has 0 bridgehead atoms. The fourth-order valence-corrected chi connectivity index (χ4v) is 2.28. The minimum Gasteiger partial charge on any atom is -0.302 e. The maximum atomic E-state index is 10.9. The third-order valence-electron chi connectivity index (χ3n) is 2.59. The van der Waals surface area contributed by atoms with E-state index < -0.39 is 0 Å². The van der Waals surface area contributed by atoms with Gasteiger partial charge in [0, 0.05) is 17.9 Å². The zero-order valence-electron chi connectivity index (χ0n) is 10.1. The van der Waals surface area contributed by atoms with Gasteiger partial charge in [0.2, 0.25) is 5.91 Å². The number of thiazole rings is 1. The summed E-state index contributed by atoms with van der Waals surface area (Å²) in [5.74, 6) is -0.0917. The van der Waals surface area contributed by atoms with Crippen molar-refractivity contribution in [3.8, 4) is 11.3 Å². The molecule has 0 atom stereocenters. The van der Waals surface area contributed by atoms with E-state index in [1.165, 1.54) is 29.4 Å². The number of rotatable bonds is 2. The minimum absolute atomic E-state index is 0.0917. The van der Waals surface area contributed by atoms with Gasteiger partial charge in [-0.3, -0.25) is 4.79 Å². The maximum absolute atomic E-state index is 10.9. The lowest BCUT2D eigenvalue weighted by Crippen LogP contribution is -2.04. The minimum atomic E-state index is -0.0917. The number of hydrogen-bond donors (Lipinski definition) is 1. The van der Waals surface area contributed by atoms with E-state index in [1.807, 2.05) is 5.38 Å². The normalized spacial score (nSPS) is 10.3. The second-order valence-electron chi connectivity index (χ2n) is 4.02. The van der Waals surface area contributed by atoms with Crippen LogP contribution in [0.15, 0.2) is 23.6 Å². The summed E-state index contributed by atoms with van der Waals surface area (Å²) in [6.07, 6.45) is 0. The van der Waals surface area contributed by atoms with Crippen molar-refractivity contribution < 1.29 is 4.79 Å². The Morgan fingerprint density at radius 2 is 2.06 bits per heavy atom. The van der Waals surface area contributed by atoms with Gasteiger partial charge in [-0.1, -0.05) is 12.1 Å². The second kappa shape index (κ2) is 4.67. The van der Waals surface area contributed by atoms with E-state index in [9.17, 15) is 4.79 Å². The first kappa shape index (κ1) is 11.8. The number of aryl methyl sites for hydroxylation is 2. The molecule has 0 aliphatic carbocycles. The van der Waals surface area contributed by atoms with Crippen LogP contribution < -0.4 is 5.32 Å². The number of benzene rings is 1. The molecule has 1 aromatic heterocycles. The van der Waals surface area contributed by atoms with Crippen LogP contribution in [0.4, 0.5) is 5.13 Å². The van der Waals surface area contributed by atoms with Gasteiger partial charge in [-0.15, -0.1) is 11.3 Å². The van der Waals surface area contributed by atoms with E-state index in [4.69, 9.17) is 0 Å². The van der Waals surface area contributed by atoms with Crippen LogP contribution in [0, 0.1) is 13.8 Å². The van der Waals surface area contributed by atoms with E-state index in [-0.39, 0.29) is 5.91 Å². The standard InChI is InChI=1S/C13H14N2OS/c1-8-4-5-11(6-9(8)2)12-7-17-13(15-12)14-10(3)16/h4-7H,1-3H3,(H,14,15,16). The molecular weight excluding hydrogens is 232 g/mol. The topological polar surface area (TPSA) is 42.0 Å². The highest BCUT2D eigenvalue weighted by molar-refractivity contribution is 7.14. The molecule has 0 radical (unpaired) electrons. The van der Waals surface area contributed by atoms with Gasteiger partial charge in [-0.25, -0.2) is 4.98 Å². The Labute approximate surface area is 105 Å². The number of carbonyl (C=O) groups excluding carboxylic acids is 1. The van der Waals surface area contributed by atoms with Crippen molar-refractivity contribution in [1.29, 1.82) is 0 Å². The lowest BCUT2D eigenvalue weighted by atomic mass is 10.1. The summed E-state index contributed by atoms with van der Waals surface area (Å²) in [7, 11) is 0. The van der Waals surface area contributed by atoms with E-state index >= 15 is 0 Å². The summed E-state index contributed by atoms with van der Waals surface area (Å²) < 4.78 is 0. The van der Waals surface area contributed by atoms with Crippen LogP contribution in [-0.4, -0.2) is 10.9 Å². The summed E-state index contributed by atoms with van der Waals surface area (Å²) in [4.78, 5) is 15.3.